The topological polar surface area (TPSA) is 66.5 Å². The summed E-state index contributed by atoms with van der Waals surface area (Å²) in [5.74, 6) is 0.0997. The van der Waals surface area contributed by atoms with E-state index in [0.29, 0.717) is 25.2 Å². The minimum atomic E-state index is -3.40. The second kappa shape index (κ2) is 6.72. The van der Waals surface area contributed by atoms with Gasteiger partial charge in [0.1, 0.15) is 0 Å². The Morgan fingerprint density at radius 2 is 2.19 bits per heavy atom. The number of sulfonamides is 1. The van der Waals surface area contributed by atoms with Crippen molar-refractivity contribution in [3.63, 3.8) is 0 Å². The van der Waals surface area contributed by atoms with Gasteiger partial charge in [0, 0.05) is 29.5 Å². The number of rotatable bonds is 5. The lowest BCUT2D eigenvalue weighted by molar-refractivity contribution is 0.0786. The first-order chi connectivity index (χ1) is 9.93. The first-order valence-corrected chi connectivity index (χ1v) is 8.93. The molecule has 1 saturated heterocycles. The van der Waals surface area contributed by atoms with E-state index < -0.39 is 10.0 Å². The van der Waals surface area contributed by atoms with Crippen molar-refractivity contribution < 1.29 is 13.2 Å². The van der Waals surface area contributed by atoms with Gasteiger partial charge in [-0.3, -0.25) is 4.79 Å². The molecule has 0 saturated carbocycles. The minimum absolute atomic E-state index is 0.0310. The SMILES string of the molecule is C=CS(=O)(=O)NCC1CCN(C(=O)c2ccccc2Br)C1. The van der Waals surface area contributed by atoms with Gasteiger partial charge in [-0.1, -0.05) is 18.7 Å². The van der Waals surface area contributed by atoms with Gasteiger partial charge >= 0.3 is 0 Å². The molecule has 0 spiro atoms. The van der Waals surface area contributed by atoms with E-state index in [1.165, 1.54) is 0 Å². The molecule has 2 rings (SSSR count). The van der Waals surface area contributed by atoms with Gasteiger partial charge in [-0.25, -0.2) is 13.1 Å². The molecule has 5 nitrogen and oxygen atoms in total. The van der Waals surface area contributed by atoms with Crippen LogP contribution in [0.4, 0.5) is 0 Å². The van der Waals surface area contributed by atoms with Crippen LogP contribution in [0.2, 0.25) is 0 Å². The fourth-order valence-corrected chi connectivity index (χ4v) is 3.32. The van der Waals surface area contributed by atoms with E-state index in [0.717, 1.165) is 16.3 Å². The highest BCUT2D eigenvalue weighted by molar-refractivity contribution is 9.10. The van der Waals surface area contributed by atoms with E-state index in [1.54, 1.807) is 11.0 Å². The fourth-order valence-electron chi connectivity index (χ4n) is 2.28. The number of hydrogen-bond donors (Lipinski definition) is 1. The number of halogens is 1. The third-order valence-electron chi connectivity index (χ3n) is 3.47. The molecule has 1 N–H and O–H groups in total. The zero-order chi connectivity index (χ0) is 15.5. The van der Waals surface area contributed by atoms with Gasteiger partial charge in [0.15, 0.2) is 0 Å². The Balaban J connectivity index is 1.95. The maximum Gasteiger partial charge on any atom is 0.255 e. The largest absolute Gasteiger partial charge is 0.338 e. The van der Waals surface area contributed by atoms with Crippen molar-refractivity contribution in [2.24, 2.45) is 5.92 Å². The van der Waals surface area contributed by atoms with Crippen LogP contribution in [-0.4, -0.2) is 38.9 Å². The Morgan fingerprint density at radius 3 is 2.86 bits per heavy atom. The molecule has 0 radical (unpaired) electrons. The lowest BCUT2D eigenvalue weighted by Crippen LogP contribution is -2.32. The second-order valence-corrected chi connectivity index (χ2v) is 7.51. The number of carbonyl (C=O) groups is 1. The summed E-state index contributed by atoms with van der Waals surface area (Å²) in [4.78, 5) is 14.2. The normalized spacial score (nSPS) is 18.7. The smallest absolute Gasteiger partial charge is 0.255 e. The Labute approximate surface area is 133 Å². The highest BCUT2D eigenvalue weighted by atomic mass is 79.9. The number of amides is 1. The molecule has 1 aliphatic rings. The first-order valence-electron chi connectivity index (χ1n) is 6.59. The molecule has 21 heavy (non-hydrogen) atoms. The van der Waals surface area contributed by atoms with Crippen LogP contribution < -0.4 is 4.72 Å². The Kier molecular flexibility index (Phi) is 5.18. The van der Waals surface area contributed by atoms with Gasteiger partial charge in [0.25, 0.3) is 5.91 Å². The van der Waals surface area contributed by atoms with Gasteiger partial charge < -0.3 is 4.90 Å². The molecule has 114 valence electrons. The quantitative estimate of drug-likeness (QED) is 0.858. The summed E-state index contributed by atoms with van der Waals surface area (Å²) in [6, 6.07) is 7.29. The van der Waals surface area contributed by atoms with Crippen molar-refractivity contribution in [3.8, 4) is 0 Å². The number of nitrogens with one attached hydrogen (secondary N) is 1. The number of hydrogen-bond acceptors (Lipinski definition) is 3. The molecule has 0 aromatic heterocycles. The summed E-state index contributed by atoms with van der Waals surface area (Å²) in [6.07, 6.45) is 0.788. The highest BCUT2D eigenvalue weighted by Crippen LogP contribution is 2.22. The van der Waals surface area contributed by atoms with Crippen molar-refractivity contribution in [2.75, 3.05) is 19.6 Å². The van der Waals surface area contributed by atoms with Crippen LogP contribution in [-0.2, 0) is 10.0 Å². The standard InChI is InChI=1S/C14H17BrN2O3S/c1-2-21(19,20)16-9-11-7-8-17(10-11)14(18)12-5-3-4-6-13(12)15/h2-6,11,16H,1,7-10H2. The molecule has 7 heteroatoms. The minimum Gasteiger partial charge on any atom is -0.338 e. The van der Waals surface area contributed by atoms with Gasteiger partial charge in [-0.2, -0.15) is 0 Å². The highest BCUT2D eigenvalue weighted by Gasteiger charge is 2.28. The number of likely N-dealkylation sites (tertiary alicyclic amines) is 1. The average molecular weight is 373 g/mol. The molecule has 0 aliphatic carbocycles. The van der Waals surface area contributed by atoms with Crippen LogP contribution in [0.5, 0.6) is 0 Å². The monoisotopic (exact) mass is 372 g/mol. The van der Waals surface area contributed by atoms with Gasteiger partial charge in [0.05, 0.1) is 5.56 Å². The van der Waals surface area contributed by atoms with Crippen LogP contribution in [0.25, 0.3) is 0 Å². The number of nitrogens with zero attached hydrogens (tertiary/aromatic N) is 1. The lowest BCUT2D eigenvalue weighted by atomic mass is 10.1. The van der Waals surface area contributed by atoms with E-state index in [1.807, 2.05) is 18.2 Å². The molecular weight excluding hydrogens is 356 g/mol. The molecule has 1 aromatic rings. The molecule has 1 heterocycles. The van der Waals surface area contributed by atoms with Crippen LogP contribution in [0.1, 0.15) is 16.8 Å². The van der Waals surface area contributed by atoms with Crippen molar-refractivity contribution in [3.05, 3.63) is 46.3 Å². The predicted octanol–water partition coefficient (Wildman–Crippen LogP) is 1.97. The summed E-state index contributed by atoms with van der Waals surface area (Å²) in [5, 5.41) is 0.895. The fraction of sp³-hybridized carbons (Fsp3) is 0.357. The van der Waals surface area contributed by atoms with E-state index in [2.05, 4.69) is 27.2 Å². The van der Waals surface area contributed by atoms with Crippen LogP contribution in [0.3, 0.4) is 0 Å². The zero-order valence-corrected chi connectivity index (χ0v) is 13.9. The third kappa shape index (κ3) is 4.15. The molecule has 0 bridgehead atoms. The molecule has 1 atom stereocenters. The van der Waals surface area contributed by atoms with Crippen LogP contribution >= 0.6 is 15.9 Å². The van der Waals surface area contributed by atoms with Gasteiger partial charge in [0.2, 0.25) is 10.0 Å². The van der Waals surface area contributed by atoms with Crippen molar-refractivity contribution >= 4 is 31.9 Å². The summed E-state index contributed by atoms with van der Waals surface area (Å²) < 4.78 is 25.9. The van der Waals surface area contributed by atoms with Crippen molar-refractivity contribution in [2.45, 2.75) is 6.42 Å². The Hall–Kier alpha value is -1.18. The zero-order valence-electron chi connectivity index (χ0n) is 11.5. The maximum atomic E-state index is 12.4. The van der Waals surface area contributed by atoms with Gasteiger partial charge in [-0.15, -0.1) is 0 Å². The molecule has 1 fully saturated rings. The van der Waals surface area contributed by atoms with Crippen molar-refractivity contribution in [1.29, 1.82) is 0 Å². The molecule has 1 aromatic carbocycles. The number of benzene rings is 1. The number of carbonyl (C=O) groups excluding carboxylic acids is 1. The summed E-state index contributed by atoms with van der Waals surface area (Å²) in [7, 11) is -3.40. The van der Waals surface area contributed by atoms with Crippen LogP contribution in [0, 0.1) is 5.92 Å². The van der Waals surface area contributed by atoms with Gasteiger partial charge in [-0.05, 0) is 40.4 Å². The predicted molar refractivity (Wildman–Crippen MR) is 85.3 cm³/mol. The molecular formula is C14H17BrN2O3S. The molecule has 1 aliphatic heterocycles. The third-order valence-corrected chi connectivity index (χ3v) is 5.17. The maximum absolute atomic E-state index is 12.4. The summed E-state index contributed by atoms with van der Waals surface area (Å²) in [5.41, 5.74) is 0.629. The average Bonchev–Trinajstić information content (AvgIpc) is 2.94. The Bertz CT molecular complexity index is 645. The Morgan fingerprint density at radius 1 is 1.48 bits per heavy atom. The lowest BCUT2D eigenvalue weighted by Gasteiger charge is -2.17. The van der Waals surface area contributed by atoms with E-state index in [9.17, 15) is 13.2 Å². The molecule has 1 amide bonds. The second-order valence-electron chi connectivity index (χ2n) is 4.95. The van der Waals surface area contributed by atoms with Crippen LogP contribution in [0.15, 0.2) is 40.7 Å². The van der Waals surface area contributed by atoms with E-state index in [4.69, 9.17) is 0 Å². The van der Waals surface area contributed by atoms with E-state index in [-0.39, 0.29) is 11.8 Å². The first kappa shape index (κ1) is 16.2. The van der Waals surface area contributed by atoms with E-state index >= 15 is 0 Å². The summed E-state index contributed by atoms with van der Waals surface area (Å²) in [6.45, 7) is 4.77. The van der Waals surface area contributed by atoms with Crippen molar-refractivity contribution in [1.82, 2.24) is 9.62 Å². The summed E-state index contributed by atoms with van der Waals surface area (Å²) >= 11 is 3.38. The molecule has 1 unspecified atom stereocenters.